The van der Waals surface area contributed by atoms with Gasteiger partial charge in [0.25, 0.3) is 0 Å². The van der Waals surface area contributed by atoms with Crippen LogP contribution in [0.3, 0.4) is 0 Å². The van der Waals surface area contributed by atoms with Gasteiger partial charge in [0.15, 0.2) is 0 Å². The third-order valence-corrected chi connectivity index (χ3v) is 1.77. The summed E-state index contributed by atoms with van der Waals surface area (Å²) in [7, 11) is 1.22. The van der Waals surface area contributed by atoms with Crippen LogP contribution in [-0.2, 0) is 9.53 Å². The van der Waals surface area contributed by atoms with E-state index < -0.39 is 12.1 Å². The SMILES string of the molecule is COC(=O)Oc1ccc(OC(C)=O)c(C)c1. The van der Waals surface area contributed by atoms with Gasteiger partial charge in [-0.15, -0.1) is 0 Å². The highest BCUT2D eigenvalue weighted by molar-refractivity contribution is 5.70. The van der Waals surface area contributed by atoms with Gasteiger partial charge in [-0.2, -0.15) is 0 Å². The molecule has 0 spiro atoms. The minimum Gasteiger partial charge on any atom is -0.437 e. The van der Waals surface area contributed by atoms with Crippen molar-refractivity contribution in [2.75, 3.05) is 7.11 Å². The van der Waals surface area contributed by atoms with Gasteiger partial charge in [0.2, 0.25) is 0 Å². The number of carbonyl (C=O) groups is 2. The zero-order valence-corrected chi connectivity index (χ0v) is 9.27. The molecule has 0 heterocycles. The Morgan fingerprint density at radius 1 is 1.19 bits per heavy atom. The predicted octanol–water partition coefficient (Wildman–Crippen LogP) is 2.07. The minimum absolute atomic E-state index is 0.334. The van der Waals surface area contributed by atoms with Crippen LogP contribution in [0.25, 0.3) is 0 Å². The molecule has 0 amide bonds. The van der Waals surface area contributed by atoms with Crippen LogP contribution < -0.4 is 9.47 Å². The van der Waals surface area contributed by atoms with Gasteiger partial charge < -0.3 is 14.2 Å². The molecule has 1 rings (SSSR count). The lowest BCUT2D eigenvalue weighted by Gasteiger charge is -2.07. The van der Waals surface area contributed by atoms with Gasteiger partial charge in [-0.05, 0) is 30.7 Å². The number of rotatable bonds is 2. The fourth-order valence-corrected chi connectivity index (χ4v) is 1.09. The maximum Gasteiger partial charge on any atom is 0.513 e. The molecule has 0 bridgehead atoms. The Balaban J connectivity index is 2.82. The molecule has 5 nitrogen and oxygen atoms in total. The highest BCUT2D eigenvalue weighted by atomic mass is 16.7. The molecule has 16 heavy (non-hydrogen) atoms. The number of aryl methyl sites for hydroxylation is 1. The second-order valence-corrected chi connectivity index (χ2v) is 3.08. The standard InChI is InChI=1S/C11H12O5/c1-7-6-9(16-11(13)14-3)4-5-10(7)15-8(2)12/h4-6H,1-3H3. The van der Waals surface area contributed by atoms with Gasteiger partial charge in [-0.3, -0.25) is 4.79 Å². The molecule has 0 saturated heterocycles. The number of esters is 1. The molecule has 1 aromatic rings. The topological polar surface area (TPSA) is 61.8 Å². The summed E-state index contributed by atoms with van der Waals surface area (Å²) >= 11 is 0. The first kappa shape index (κ1) is 12.0. The van der Waals surface area contributed by atoms with Crippen LogP contribution >= 0.6 is 0 Å². The van der Waals surface area contributed by atoms with Crippen LogP contribution in [0.4, 0.5) is 4.79 Å². The maximum absolute atomic E-state index is 10.8. The van der Waals surface area contributed by atoms with Crippen molar-refractivity contribution in [3.63, 3.8) is 0 Å². The summed E-state index contributed by atoms with van der Waals surface area (Å²) in [5, 5.41) is 0. The zero-order valence-electron chi connectivity index (χ0n) is 9.27. The van der Waals surface area contributed by atoms with E-state index in [0.717, 1.165) is 0 Å². The van der Waals surface area contributed by atoms with Gasteiger partial charge in [-0.25, -0.2) is 4.79 Å². The Kier molecular flexibility index (Phi) is 3.88. The Bertz CT molecular complexity index is 411. The number of hydrogen-bond donors (Lipinski definition) is 0. The molecule has 5 heteroatoms. The van der Waals surface area contributed by atoms with E-state index in [0.29, 0.717) is 17.1 Å². The van der Waals surface area contributed by atoms with Crippen molar-refractivity contribution >= 4 is 12.1 Å². The van der Waals surface area contributed by atoms with E-state index in [9.17, 15) is 9.59 Å². The number of ether oxygens (including phenoxy) is 3. The summed E-state index contributed by atoms with van der Waals surface area (Å²) in [4.78, 5) is 21.6. The van der Waals surface area contributed by atoms with Crippen molar-refractivity contribution in [1.82, 2.24) is 0 Å². The molecule has 0 saturated carbocycles. The molecule has 0 aliphatic carbocycles. The van der Waals surface area contributed by atoms with Crippen LogP contribution in [0.1, 0.15) is 12.5 Å². The van der Waals surface area contributed by atoms with Gasteiger partial charge >= 0.3 is 12.1 Å². The average Bonchev–Trinajstić information content (AvgIpc) is 2.21. The van der Waals surface area contributed by atoms with Crippen molar-refractivity contribution in [2.45, 2.75) is 13.8 Å². The molecule has 0 fully saturated rings. The third kappa shape index (κ3) is 3.27. The normalized spacial score (nSPS) is 9.44. The average molecular weight is 224 g/mol. The monoisotopic (exact) mass is 224 g/mol. The zero-order chi connectivity index (χ0) is 12.1. The van der Waals surface area contributed by atoms with E-state index >= 15 is 0 Å². The molecule has 0 atom stereocenters. The van der Waals surface area contributed by atoms with Crippen LogP contribution in [-0.4, -0.2) is 19.2 Å². The Morgan fingerprint density at radius 2 is 1.88 bits per heavy atom. The van der Waals surface area contributed by atoms with Crippen molar-refractivity contribution in [3.8, 4) is 11.5 Å². The van der Waals surface area contributed by atoms with Gasteiger partial charge in [0, 0.05) is 6.92 Å². The lowest BCUT2D eigenvalue weighted by molar-refractivity contribution is -0.131. The first-order chi connectivity index (χ1) is 7.52. The van der Waals surface area contributed by atoms with Crippen LogP contribution in [0, 0.1) is 6.92 Å². The molecule has 0 aromatic heterocycles. The molecule has 86 valence electrons. The number of methoxy groups -OCH3 is 1. The minimum atomic E-state index is -0.792. The largest absolute Gasteiger partial charge is 0.513 e. The van der Waals surface area contributed by atoms with Crippen LogP contribution in [0.2, 0.25) is 0 Å². The molecular formula is C11H12O5. The molecule has 0 aliphatic rings. The fourth-order valence-electron chi connectivity index (χ4n) is 1.09. The van der Waals surface area contributed by atoms with Crippen molar-refractivity contribution in [1.29, 1.82) is 0 Å². The summed E-state index contributed by atoms with van der Waals surface area (Å²) < 4.78 is 14.1. The summed E-state index contributed by atoms with van der Waals surface area (Å²) in [5.74, 6) is 0.370. The maximum atomic E-state index is 10.8. The van der Waals surface area contributed by atoms with Gasteiger partial charge in [-0.1, -0.05) is 0 Å². The second kappa shape index (κ2) is 5.16. The van der Waals surface area contributed by atoms with Gasteiger partial charge in [0.1, 0.15) is 11.5 Å². The smallest absolute Gasteiger partial charge is 0.437 e. The summed E-state index contributed by atoms with van der Waals surface area (Å²) in [6.07, 6.45) is -0.792. The first-order valence-corrected chi connectivity index (χ1v) is 4.58. The van der Waals surface area contributed by atoms with E-state index in [2.05, 4.69) is 4.74 Å². The summed E-state index contributed by atoms with van der Waals surface area (Å²) in [6.45, 7) is 3.06. The predicted molar refractivity (Wildman–Crippen MR) is 55.5 cm³/mol. The molecule has 0 unspecified atom stereocenters. The molecule has 0 N–H and O–H groups in total. The number of hydrogen-bond acceptors (Lipinski definition) is 5. The van der Waals surface area contributed by atoms with E-state index in [1.165, 1.54) is 20.1 Å². The summed E-state index contributed by atoms with van der Waals surface area (Å²) in [5.41, 5.74) is 0.691. The third-order valence-electron chi connectivity index (χ3n) is 1.77. The number of benzene rings is 1. The Hall–Kier alpha value is -2.04. The van der Waals surface area contributed by atoms with E-state index in [1.54, 1.807) is 19.1 Å². The molecule has 0 aliphatic heterocycles. The van der Waals surface area contributed by atoms with E-state index in [1.807, 2.05) is 0 Å². The lowest BCUT2D eigenvalue weighted by atomic mass is 10.2. The molecule has 0 radical (unpaired) electrons. The Morgan fingerprint density at radius 3 is 2.38 bits per heavy atom. The molecular weight excluding hydrogens is 212 g/mol. The highest BCUT2D eigenvalue weighted by Crippen LogP contribution is 2.23. The number of carbonyl (C=O) groups excluding carboxylic acids is 2. The fraction of sp³-hybridized carbons (Fsp3) is 0.273. The Labute approximate surface area is 92.9 Å². The first-order valence-electron chi connectivity index (χ1n) is 4.58. The second-order valence-electron chi connectivity index (χ2n) is 3.08. The van der Waals surface area contributed by atoms with E-state index in [-0.39, 0.29) is 0 Å². The van der Waals surface area contributed by atoms with Crippen molar-refractivity contribution in [2.24, 2.45) is 0 Å². The quantitative estimate of drug-likeness (QED) is 0.437. The van der Waals surface area contributed by atoms with Crippen molar-refractivity contribution < 1.29 is 23.8 Å². The lowest BCUT2D eigenvalue weighted by Crippen LogP contribution is -2.08. The van der Waals surface area contributed by atoms with Crippen LogP contribution in [0.5, 0.6) is 11.5 Å². The highest BCUT2D eigenvalue weighted by Gasteiger charge is 2.07. The van der Waals surface area contributed by atoms with Gasteiger partial charge in [0.05, 0.1) is 7.11 Å². The van der Waals surface area contributed by atoms with Crippen molar-refractivity contribution in [3.05, 3.63) is 23.8 Å². The van der Waals surface area contributed by atoms with E-state index in [4.69, 9.17) is 9.47 Å². The van der Waals surface area contributed by atoms with Crippen LogP contribution in [0.15, 0.2) is 18.2 Å². The summed E-state index contributed by atoms with van der Waals surface area (Å²) in [6, 6.07) is 4.65. The molecule has 1 aromatic carbocycles.